The summed E-state index contributed by atoms with van der Waals surface area (Å²) in [7, 11) is 0. The Morgan fingerprint density at radius 2 is 1.67 bits per heavy atom. The van der Waals surface area contributed by atoms with Gasteiger partial charge in [0, 0.05) is 6.04 Å². The first-order valence-electron chi connectivity index (χ1n) is 4.32. The fourth-order valence-electron chi connectivity index (χ4n) is 1.66. The lowest BCUT2D eigenvalue weighted by molar-refractivity contribution is -0.177. The quantitative estimate of drug-likeness (QED) is 0.571. The molecule has 0 aromatic carbocycles. The fraction of sp³-hybridized carbons (Fsp3) is 1.00. The summed E-state index contributed by atoms with van der Waals surface area (Å²) in [4.78, 5) is 0. The second-order valence-electron chi connectivity index (χ2n) is 3.51. The molecule has 0 unspecified atom stereocenters. The van der Waals surface area contributed by atoms with E-state index in [4.69, 9.17) is 5.73 Å². The highest BCUT2D eigenvalue weighted by molar-refractivity contribution is 4.76. The number of hydrogen-bond acceptors (Lipinski definition) is 1. The molecule has 1 rings (SSSR count). The van der Waals surface area contributed by atoms with Gasteiger partial charge in [0.2, 0.25) is 0 Å². The van der Waals surface area contributed by atoms with Crippen molar-refractivity contribution < 1.29 is 13.2 Å². The molecule has 72 valence electrons. The lowest BCUT2D eigenvalue weighted by atomic mass is 10.00. The van der Waals surface area contributed by atoms with E-state index in [1.165, 1.54) is 0 Å². The highest BCUT2D eigenvalue weighted by Crippen LogP contribution is 2.36. The Balaban J connectivity index is 2.46. The van der Waals surface area contributed by atoms with E-state index in [9.17, 15) is 13.2 Å². The van der Waals surface area contributed by atoms with Crippen LogP contribution in [0.25, 0.3) is 0 Å². The van der Waals surface area contributed by atoms with E-state index in [1.807, 2.05) is 0 Å². The van der Waals surface area contributed by atoms with Gasteiger partial charge in [-0.25, -0.2) is 0 Å². The summed E-state index contributed by atoms with van der Waals surface area (Å²) in [5.41, 5.74) is 5.57. The van der Waals surface area contributed by atoms with Crippen molar-refractivity contribution in [3.63, 3.8) is 0 Å². The van der Waals surface area contributed by atoms with Gasteiger partial charge in [0.15, 0.2) is 0 Å². The van der Waals surface area contributed by atoms with Crippen LogP contribution in [0, 0.1) is 5.92 Å². The van der Waals surface area contributed by atoms with Crippen LogP contribution in [0.15, 0.2) is 0 Å². The van der Waals surface area contributed by atoms with Crippen LogP contribution in [0.4, 0.5) is 13.2 Å². The number of rotatable bonds is 0. The van der Waals surface area contributed by atoms with Crippen molar-refractivity contribution >= 4 is 0 Å². The molecule has 1 saturated carbocycles. The van der Waals surface area contributed by atoms with Gasteiger partial charge in [-0.3, -0.25) is 0 Å². The predicted molar refractivity (Wildman–Crippen MR) is 40.6 cm³/mol. The summed E-state index contributed by atoms with van der Waals surface area (Å²) in [6, 6.07) is -0.0163. The summed E-state index contributed by atoms with van der Waals surface area (Å²) >= 11 is 0. The minimum absolute atomic E-state index is 0.0163. The smallest absolute Gasteiger partial charge is 0.328 e. The zero-order valence-electron chi connectivity index (χ0n) is 6.90. The largest absolute Gasteiger partial charge is 0.391 e. The summed E-state index contributed by atoms with van der Waals surface area (Å²) in [5, 5.41) is 0. The minimum Gasteiger partial charge on any atom is -0.328 e. The van der Waals surface area contributed by atoms with Crippen molar-refractivity contribution in [2.45, 2.75) is 44.3 Å². The Morgan fingerprint density at radius 3 is 2.25 bits per heavy atom. The molecule has 2 N–H and O–H groups in total. The number of nitrogens with two attached hydrogens (primary N) is 1. The van der Waals surface area contributed by atoms with Gasteiger partial charge in [-0.15, -0.1) is 0 Å². The first-order chi connectivity index (χ1) is 5.50. The molecule has 1 nitrogen and oxygen atoms in total. The second kappa shape index (κ2) is 3.64. The van der Waals surface area contributed by atoms with Crippen molar-refractivity contribution in [3.05, 3.63) is 0 Å². The topological polar surface area (TPSA) is 26.0 Å². The van der Waals surface area contributed by atoms with E-state index in [1.54, 1.807) is 0 Å². The molecule has 0 radical (unpaired) electrons. The predicted octanol–water partition coefficient (Wildman–Crippen LogP) is 2.46. The molecule has 1 aliphatic carbocycles. The maximum absolute atomic E-state index is 12.2. The molecule has 1 aliphatic rings. The molecular weight excluding hydrogens is 167 g/mol. The van der Waals surface area contributed by atoms with Crippen molar-refractivity contribution in [3.8, 4) is 0 Å². The van der Waals surface area contributed by atoms with Crippen LogP contribution in [0.3, 0.4) is 0 Å². The lowest BCUT2D eigenvalue weighted by Crippen LogP contribution is -2.23. The molecule has 0 heterocycles. The molecular formula is C8H14F3N. The normalized spacial score (nSPS) is 33.0. The van der Waals surface area contributed by atoms with E-state index in [0.717, 1.165) is 6.42 Å². The molecule has 0 aliphatic heterocycles. The Labute approximate surface area is 70.1 Å². The van der Waals surface area contributed by atoms with Crippen LogP contribution in [0.2, 0.25) is 0 Å². The summed E-state index contributed by atoms with van der Waals surface area (Å²) in [6.07, 6.45) is -1.66. The van der Waals surface area contributed by atoms with Crippen molar-refractivity contribution in [2.24, 2.45) is 11.7 Å². The molecule has 12 heavy (non-hydrogen) atoms. The van der Waals surface area contributed by atoms with Gasteiger partial charge in [0.1, 0.15) is 0 Å². The standard InChI is InChI=1S/C8H14F3N/c9-8(10,11)6-2-1-3-7(12)5-4-6/h6-7H,1-5,12H2/t6-,7-/m1/s1. The fourth-order valence-corrected chi connectivity index (χ4v) is 1.66. The molecule has 0 aromatic heterocycles. The van der Waals surface area contributed by atoms with Crippen LogP contribution in [0.1, 0.15) is 32.1 Å². The van der Waals surface area contributed by atoms with Gasteiger partial charge in [-0.1, -0.05) is 6.42 Å². The van der Waals surface area contributed by atoms with Crippen molar-refractivity contribution in [1.29, 1.82) is 0 Å². The van der Waals surface area contributed by atoms with Crippen molar-refractivity contribution in [2.75, 3.05) is 0 Å². The van der Waals surface area contributed by atoms with Crippen LogP contribution >= 0.6 is 0 Å². The Kier molecular flexibility index (Phi) is 2.99. The Morgan fingerprint density at radius 1 is 1.00 bits per heavy atom. The number of halogens is 3. The Hall–Kier alpha value is -0.250. The van der Waals surface area contributed by atoms with E-state index >= 15 is 0 Å². The molecule has 4 heteroatoms. The maximum Gasteiger partial charge on any atom is 0.391 e. The molecule has 1 fully saturated rings. The van der Waals surface area contributed by atoms with Crippen LogP contribution < -0.4 is 5.73 Å². The zero-order chi connectivity index (χ0) is 9.19. The lowest BCUT2D eigenvalue weighted by Gasteiger charge is -2.17. The molecule has 0 spiro atoms. The monoisotopic (exact) mass is 181 g/mol. The van der Waals surface area contributed by atoms with E-state index in [-0.39, 0.29) is 18.9 Å². The summed E-state index contributed by atoms with van der Waals surface area (Å²) < 4.78 is 36.6. The van der Waals surface area contributed by atoms with Crippen LogP contribution in [-0.4, -0.2) is 12.2 Å². The van der Waals surface area contributed by atoms with Crippen LogP contribution in [0.5, 0.6) is 0 Å². The molecule has 0 amide bonds. The van der Waals surface area contributed by atoms with Crippen LogP contribution in [-0.2, 0) is 0 Å². The average molecular weight is 181 g/mol. The summed E-state index contributed by atoms with van der Waals surface area (Å²) in [5.74, 6) is -1.11. The van der Waals surface area contributed by atoms with Gasteiger partial charge < -0.3 is 5.73 Å². The molecule has 0 bridgehead atoms. The average Bonchev–Trinajstić information content (AvgIpc) is 2.11. The molecule has 0 aromatic rings. The first kappa shape index (κ1) is 9.84. The highest BCUT2D eigenvalue weighted by Gasteiger charge is 2.39. The highest BCUT2D eigenvalue weighted by atomic mass is 19.4. The van der Waals surface area contributed by atoms with Gasteiger partial charge in [-0.05, 0) is 25.7 Å². The second-order valence-corrected chi connectivity index (χ2v) is 3.51. The maximum atomic E-state index is 12.2. The minimum atomic E-state index is -4.01. The van der Waals surface area contributed by atoms with E-state index in [2.05, 4.69) is 0 Å². The third-order valence-electron chi connectivity index (χ3n) is 2.48. The van der Waals surface area contributed by atoms with Gasteiger partial charge in [0.25, 0.3) is 0 Å². The number of alkyl halides is 3. The van der Waals surface area contributed by atoms with Gasteiger partial charge >= 0.3 is 6.18 Å². The first-order valence-corrected chi connectivity index (χ1v) is 4.32. The third-order valence-corrected chi connectivity index (χ3v) is 2.48. The summed E-state index contributed by atoms with van der Waals surface area (Å²) in [6.45, 7) is 0. The molecule has 2 atom stereocenters. The molecule has 0 saturated heterocycles. The van der Waals surface area contributed by atoms with Gasteiger partial charge in [-0.2, -0.15) is 13.2 Å². The Bertz CT molecular complexity index is 144. The van der Waals surface area contributed by atoms with Gasteiger partial charge in [0.05, 0.1) is 5.92 Å². The third kappa shape index (κ3) is 2.66. The van der Waals surface area contributed by atoms with E-state index in [0.29, 0.717) is 12.8 Å². The zero-order valence-corrected chi connectivity index (χ0v) is 6.90. The number of hydrogen-bond donors (Lipinski definition) is 1. The SMILES string of the molecule is N[C@@H]1CCC[C@@H](C(F)(F)F)CC1. The van der Waals surface area contributed by atoms with Crippen molar-refractivity contribution in [1.82, 2.24) is 0 Å². The van der Waals surface area contributed by atoms with E-state index < -0.39 is 12.1 Å².